The van der Waals surface area contributed by atoms with Gasteiger partial charge in [-0.2, -0.15) is 0 Å². The van der Waals surface area contributed by atoms with Gasteiger partial charge in [-0.15, -0.1) is 24.0 Å². The van der Waals surface area contributed by atoms with Crippen LogP contribution in [-0.2, 0) is 9.53 Å². The number of rotatable bonds is 6. The zero-order valence-corrected chi connectivity index (χ0v) is 23.0. The first-order valence-corrected chi connectivity index (χ1v) is 13.4. The average molecular weight is 576 g/mol. The van der Waals surface area contributed by atoms with E-state index in [0.717, 1.165) is 77.7 Å². The molecule has 2 heterocycles. The molecule has 2 saturated carbocycles. The standard InChI is InChI=1S/C25H45N5O2.HI/c1-2-26-24(27-20-25(12-7-4-8-13-25)30-15-17-32-18-16-30)28-22-11-14-29(19-22)23(31)21-9-5-3-6-10-21;/h21-22H,2-20H2,1H3,(H2,26,27,28);1H. The molecule has 1 amide bonds. The van der Waals surface area contributed by atoms with Crippen molar-refractivity contribution in [2.24, 2.45) is 10.9 Å². The van der Waals surface area contributed by atoms with Crippen LogP contribution in [0.3, 0.4) is 0 Å². The van der Waals surface area contributed by atoms with Gasteiger partial charge in [-0.25, -0.2) is 0 Å². The molecule has 8 heteroatoms. The Bertz CT molecular complexity index is 628. The highest BCUT2D eigenvalue weighted by Crippen LogP contribution is 2.34. The maximum Gasteiger partial charge on any atom is 0.225 e. The number of likely N-dealkylation sites (tertiary alicyclic amines) is 1. The van der Waals surface area contributed by atoms with E-state index in [2.05, 4.69) is 27.4 Å². The van der Waals surface area contributed by atoms with E-state index in [0.29, 0.717) is 11.9 Å². The summed E-state index contributed by atoms with van der Waals surface area (Å²) >= 11 is 0. The van der Waals surface area contributed by atoms with Gasteiger partial charge in [0.15, 0.2) is 5.96 Å². The minimum Gasteiger partial charge on any atom is -0.379 e. The SMILES string of the molecule is CCNC(=NCC1(N2CCOCC2)CCCCC1)NC1CCN(C(=O)C2CCCCC2)C1.I. The smallest absolute Gasteiger partial charge is 0.225 e. The number of morpholine rings is 1. The number of nitrogens with one attached hydrogen (secondary N) is 2. The molecule has 2 aliphatic heterocycles. The molecule has 4 aliphatic rings. The van der Waals surface area contributed by atoms with E-state index in [1.807, 2.05) is 0 Å². The molecule has 7 nitrogen and oxygen atoms in total. The molecule has 0 radical (unpaired) electrons. The van der Waals surface area contributed by atoms with E-state index in [9.17, 15) is 4.79 Å². The second-order valence-corrected chi connectivity index (χ2v) is 10.3. The number of aliphatic imine (C=N–C) groups is 1. The summed E-state index contributed by atoms with van der Waals surface area (Å²) < 4.78 is 5.63. The van der Waals surface area contributed by atoms with Crippen LogP contribution < -0.4 is 10.6 Å². The van der Waals surface area contributed by atoms with Crippen LogP contribution in [0.25, 0.3) is 0 Å². The molecule has 0 bridgehead atoms. The first kappa shape index (κ1) is 27.0. The molecule has 0 aromatic rings. The molecule has 4 fully saturated rings. The highest BCUT2D eigenvalue weighted by Gasteiger charge is 2.39. The topological polar surface area (TPSA) is 69.2 Å². The minimum atomic E-state index is 0. The van der Waals surface area contributed by atoms with Crippen LogP contribution in [0.5, 0.6) is 0 Å². The maximum atomic E-state index is 12.9. The van der Waals surface area contributed by atoms with Crippen molar-refractivity contribution in [3.63, 3.8) is 0 Å². The number of guanidine groups is 1. The number of ether oxygens (including phenoxy) is 1. The predicted octanol–water partition coefficient (Wildman–Crippen LogP) is 3.38. The lowest BCUT2D eigenvalue weighted by molar-refractivity contribution is -0.135. The number of carbonyl (C=O) groups is 1. The Labute approximate surface area is 217 Å². The molecule has 0 spiro atoms. The summed E-state index contributed by atoms with van der Waals surface area (Å²) in [6.07, 6.45) is 13.3. The van der Waals surface area contributed by atoms with E-state index in [1.165, 1.54) is 51.4 Å². The number of hydrogen-bond donors (Lipinski definition) is 2. The van der Waals surface area contributed by atoms with Crippen LogP contribution in [0.1, 0.15) is 77.6 Å². The maximum absolute atomic E-state index is 12.9. The summed E-state index contributed by atoms with van der Waals surface area (Å²) in [6.45, 7) is 9.27. The molecule has 4 rings (SSSR count). The van der Waals surface area contributed by atoms with Crippen molar-refractivity contribution in [2.75, 3.05) is 52.5 Å². The Balaban J connectivity index is 0.00000306. The number of halogens is 1. The minimum absolute atomic E-state index is 0. The van der Waals surface area contributed by atoms with Gasteiger partial charge in [0.25, 0.3) is 0 Å². The molecule has 0 aromatic carbocycles. The lowest BCUT2D eigenvalue weighted by atomic mass is 9.80. The first-order valence-electron chi connectivity index (χ1n) is 13.4. The van der Waals surface area contributed by atoms with Crippen molar-refractivity contribution >= 4 is 35.8 Å². The number of nitrogens with zero attached hydrogens (tertiary/aromatic N) is 3. The third-order valence-corrected chi connectivity index (χ3v) is 8.14. The summed E-state index contributed by atoms with van der Waals surface area (Å²) in [6, 6.07) is 0.297. The molecule has 2 saturated heterocycles. The Kier molecular flexibility index (Phi) is 11.0. The lowest BCUT2D eigenvalue weighted by Crippen LogP contribution is -2.57. The molecular formula is C25H46IN5O2. The van der Waals surface area contributed by atoms with Gasteiger partial charge in [0, 0.05) is 50.2 Å². The van der Waals surface area contributed by atoms with Crippen molar-refractivity contribution in [2.45, 2.75) is 89.1 Å². The number of carbonyl (C=O) groups excluding carboxylic acids is 1. The first-order chi connectivity index (χ1) is 15.7. The van der Waals surface area contributed by atoms with Gasteiger partial charge >= 0.3 is 0 Å². The Hall–Kier alpha value is -0.610. The van der Waals surface area contributed by atoms with Gasteiger partial charge in [-0.3, -0.25) is 14.7 Å². The van der Waals surface area contributed by atoms with Gasteiger partial charge in [-0.1, -0.05) is 38.5 Å². The largest absolute Gasteiger partial charge is 0.379 e. The van der Waals surface area contributed by atoms with E-state index in [1.54, 1.807) is 0 Å². The molecule has 0 aromatic heterocycles. The van der Waals surface area contributed by atoms with Crippen molar-refractivity contribution in [3.05, 3.63) is 0 Å². The van der Waals surface area contributed by atoms with Crippen molar-refractivity contribution < 1.29 is 9.53 Å². The van der Waals surface area contributed by atoms with E-state index >= 15 is 0 Å². The monoisotopic (exact) mass is 575 g/mol. The van der Waals surface area contributed by atoms with Crippen LogP contribution in [0, 0.1) is 5.92 Å². The molecule has 2 N–H and O–H groups in total. The van der Waals surface area contributed by atoms with Crippen LogP contribution in [0.2, 0.25) is 0 Å². The van der Waals surface area contributed by atoms with E-state index < -0.39 is 0 Å². The Morgan fingerprint density at radius 3 is 2.39 bits per heavy atom. The van der Waals surface area contributed by atoms with Crippen LogP contribution in [0.4, 0.5) is 0 Å². The molecular weight excluding hydrogens is 529 g/mol. The summed E-state index contributed by atoms with van der Waals surface area (Å²) in [5, 5.41) is 7.14. The Morgan fingerprint density at radius 1 is 1.00 bits per heavy atom. The number of hydrogen-bond acceptors (Lipinski definition) is 4. The fourth-order valence-corrected chi connectivity index (χ4v) is 6.25. The zero-order chi connectivity index (χ0) is 22.2. The van der Waals surface area contributed by atoms with Gasteiger partial charge < -0.3 is 20.3 Å². The summed E-state index contributed by atoms with van der Waals surface area (Å²) in [5.41, 5.74) is 0.184. The lowest BCUT2D eigenvalue weighted by Gasteiger charge is -2.47. The molecule has 2 aliphatic carbocycles. The fraction of sp³-hybridized carbons (Fsp3) is 0.920. The van der Waals surface area contributed by atoms with E-state index in [4.69, 9.17) is 9.73 Å². The zero-order valence-electron chi connectivity index (χ0n) is 20.7. The highest BCUT2D eigenvalue weighted by atomic mass is 127. The third-order valence-electron chi connectivity index (χ3n) is 8.14. The van der Waals surface area contributed by atoms with Gasteiger partial charge in [0.1, 0.15) is 0 Å². The second-order valence-electron chi connectivity index (χ2n) is 10.3. The fourth-order valence-electron chi connectivity index (χ4n) is 6.25. The van der Waals surface area contributed by atoms with Crippen molar-refractivity contribution in [3.8, 4) is 0 Å². The second kappa shape index (κ2) is 13.5. The molecule has 1 unspecified atom stereocenters. The van der Waals surface area contributed by atoms with Gasteiger partial charge in [-0.05, 0) is 39.0 Å². The average Bonchev–Trinajstić information content (AvgIpc) is 3.32. The van der Waals surface area contributed by atoms with Crippen LogP contribution >= 0.6 is 24.0 Å². The van der Waals surface area contributed by atoms with Crippen molar-refractivity contribution in [1.29, 1.82) is 0 Å². The third kappa shape index (κ3) is 7.19. The van der Waals surface area contributed by atoms with E-state index in [-0.39, 0.29) is 35.4 Å². The predicted molar refractivity (Wildman–Crippen MR) is 144 cm³/mol. The summed E-state index contributed by atoms with van der Waals surface area (Å²) in [4.78, 5) is 22.8. The number of amides is 1. The Morgan fingerprint density at radius 2 is 1.70 bits per heavy atom. The van der Waals surface area contributed by atoms with Crippen LogP contribution in [-0.4, -0.2) is 85.7 Å². The molecule has 33 heavy (non-hydrogen) atoms. The molecule has 190 valence electrons. The van der Waals surface area contributed by atoms with Gasteiger partial charge in [0.05, 0.1) is 19.8 Å². The van der Waals surface area contributed by atoms with Crippen molar-refractivity contribution in [1.82, 2.24) is 20.4 Å². The highest BCUT2D eigenvalue weighted by molar-refractivity contribution is 14.0. The van der Waals surface area contributed by atoms with Gasteiger partial charge in [0.2, 0.25) is 5.91 Å². The quantitative estimate of drug-likeness (QED) is 0.289. The normalized spacial score (nSPS) is 27.1. The molecule has 1 atom stereocenters. The summed E-state index contributed by atoms with van der Waals surface area (Å²) in [7, 11) is 0. The van der Waals surface area contributed by atoms with Crippen LogP contribution in [0.15, 0.2) is 4.99 Å². The summed E-state index contributed by atoms with van der Waals surface area (Å²) in [5.74, 6) is 1.58.